The molecule has 0 aliphatic rings. The van der Waals surface area contributed by atoms with Crippen LogP contribution in [-0.4, -0.2) is 71.3 Å². The number of unbranched alkanes of at least 4 members (excludes halogenated alkanes) is 1. The molecule has 0 aliphatic heterocycles. The number of ether oxygens (including phenoxy) is 3. The molecule has 0 aromatic carbocycles. The highest BCUT2D eigenvalue weighted by atomic mass is 16.6. The summed E-state index contributed by atoms with van der Waals surface area (Å²) in [6.45, 7) is 22.1. The third-order valence-corrected chi connectivity index (χ3v) is 6.04. The Hall–Kier alpha value is -2.89. The van der Waals surface area contributed by atoms with Gasteiger partial charge in [0, 0.05) is 25.4 Å². The molecule has 3 amide bonds. The molecule has 12 heteroatoms. The normalized spacial score (nSPS) is 14.5. The van der Waals surface area contributed by atoms with E-state index in [9.17, 15) is 24.0 Å². The number of nitrogens with two attached hydrogens (primary N) is 1. The molecular weight excluding hydrogens is 568 g/mol. The van der Waals surface area contributed by atoms with E-state index in [4.69, 9.17) is 19.9 Å². The van der Waals surface area contributed by atoms with E-state index in [1.54, 1.807) is 62.3 Å². The Morgan fingerprint density at radius 3 is 1.57 bits per heavy atom. The van der Waals surface area contributed by atoms with Gasteiger partial charge in [-0.25, -0.2) is 9.59 Å². The number of amides is 3. The standard InChI is InChI=1S/C32H60N4O8/c1-29(2,3)23(17-19-25(38)43-31(7,8)9)36-28(41)35-22(27(40)44-32(10,11)12)15-13-14-20-34-26(39)21(33)16-18-24(37)42-30(4,5)6/h21-23H,13-20,33H2,1-12H3,(H,34,39)(H2,35,36,41)/t21-,22-,23-/m0/s1. The molecule has 0 saturated carbocycles. The van der Waals surface area contributed by atoms with Crippen molar-refractivity contribution in [3.8, 4) is 0 Å². The molecular formula is C32H60N4O8. The second kappa shape index (κ2) is 17.6. The number of esters is 3. The summed E-state index contributed by atoms with van der Waals surface area (Å²) in [4.78, 5) is 62.5. The molecule has 12 nitrogen and oxygen atoms in total. The van der Waals surface area contributed by atoms with E-state index in [-0.39, 0.29) is 49.0 Å². The fourth-order valence-corrected chi connectivity index (χ4v) is 3.97. The van der Waals surface area contributed by atoms with Crippen molar-refractivity contribution >= 4 is 29.8 Å². The van der Waals surface area contributed by atoms with Gasteiger partial charge in [0.25, 0.3) is 0 Å². The zero-order valence-electron chi connectivity index (χ0n) is 29.2. The molecule has 0 spiro atoms. The zero-order chi connectivity index (χ0) is 34.5. The van der Waals surface area contributed by atoms with Gasteiger partial charge < -0.3 is 35.9 Å². The van der Waals surface area contributed by atoms with E-state index in [0.29, 0.717) is 25.8 Å². The van der Waals surface area contributed by atoms with Crippen LogP contribution in [0.2, 0.25) is 0 Å². The van der Waals surface area contributed by atoms with Gasteiger partial charge >= 0.3 is 23.9 Å². The molecule has 0 fully saturated rings. The van der Waals surface area contributed by atoms with Gasteiger partial charge in [0.05, 0.1) is 6.04 Å². The number of nitrogens with one attached hydrogen (secondary N) is 3. The summed E-state index contributed by atoms with van der Waals surface area (Å²) in [6.07, 6.45) is 1.99. The van der Waals surface area contributed by atoms with Crippen molar-refractivity contribution in [1.82, 2.24) is 16.0 Å². The minimum absolute atomic E-state index is 0.0359. The first-order valence-corrected chi connectivity index (χ1v) is 15.6. The van der Waals surface area contributed by atoms with Gasteiger partial charge in [0.2, 0.25) is 5.91 Å². The quantitative estimate of drug-likeness (QED) is 0.117. The van der Waals surface area contributed by atoms with Crippen molar-refractivity contribution in [3.05, 3.63) is 0 Å². The molecule has 0 aromatic heterocycles. The molecule has 0 heterocycles. The average molecular weight is 629 g/mol. The van der Waals surface area contributed by atoms with Gasteiger partial charge in [0.1, 0.15) is 22.8 Å². The highest BCUT2D eigenvalue weighted by Crippen LogP contribution is 2.24. The minimum Gasteiger partial charge on any atom is -0.460 e. The Balaban J connectivity index is 5.05. The summed E-state index contributed by atoms with van der Waals surface area (Å²) < 4.78 is 16.2. The largest absolute Gasteiger partial charge is 0.460 e. The Labute approximate surface area is 264 Å². The van der Waals surface area contributed by atoms with E-state index in [1.165, 1.54) is 0 Å². The smallest absolute Gasteiger partial charge is 0.329 e. The summed E-state index contributed by atoms with van der Waals surface area (Å²) in [7, 11) is 0. The molecule has 0 rings (SSSR count). The van der Waals surface area contributed by atoms with E-state index in [0.717, 1.165) is 0 Å². The number of carbonyl (C=O) groups excluding carboxylic acids is 5. The third-order valence-electron chi connectivity index (χ3n) is 6.04. The molecule has 0 saturated heterocycles. The van der Waals surface area contributed by atoms with Crippen molar-refractivity contribution in [1.29, 1.82) is 0 Å². The van der Waals surface area contributed by atoms with E-state index in [2.05, 4.69) is 16.0 Å². The number of hydrogen-bond donors (Lipinski definition) is 4. The van der Waals surface area contributed by atoms with Crippen LogP contribution in [0.3, 0.4) is 0 Å². The van der Waals surface area contributed by atoms with Gasteiger partial charge in [-0.2, -0.15) is 0 Å². The molecule has 256 valence electrons. The molecule has 5 N–H and O–H groups in total. The molecule has 0 unspecified atom stereocenters. The van der Waals surface area contributed by atoms with Gasteiger partial charge in [-0.05, 0) is 99.8 Å². The number of rotatable bonds is 15. The van der Waals surface area contributed by atoms with Crippen LogP contribution in [-0.2, 0) is 33.4 Å². The van der Waals surface area contributed by atoms with Crippen LogP contribution >= 0.6 is 0 Å². The van der Waals surface area contributed by atoms with Gasteiger partial charge in [-0.1, -0.05) is 20.8 Å². The lowest BCUT2D eigenvalue weighted by molar-refractivity contribution is -0.158. The van der Waals surface area contributed by atoms with Gasteiger partial charge in [-0.3, -0.25) is 14.4 Å². The lowest BCUT2D eigenvalue weighted by Gasteiger charge is -2.32. The van der Waals surface area contributed by atoms with Crippen LogP contribution in [0.1, 0.15) is 128 Å². The van der Waals surface area contributed by atoms with Crippen LogP contribution in [0, 0.1) is 5.41 Å². The van der Waals surface area contributed by atoms with E-state index < -0.39 is 46.9 Å². The van der Waals surface area contributed by atoms with Gasteiger partial charge in [0.15, 0.2) is 0 Å². The molecule has 0 aromatic rings. The topological polar surface area (TPSA) is 175 Å². The van der Waals surface area contributed by atoms with Gasteiger partial charge in [-0.15, -0.1) is 0 Å². The molecule has 0 bridgehead atoms. The Morgan fingerprint density at radius 2 is 1.11 bits per heavy atom. The molecule has 0 aliphatic carbocycles. The first kappa shape index (κ1) is 41.1. The molecule has 44 heavy (non-hydrogen) atoms. The van der Waals surface area contributed by atoms with Crippen molar-refractivity contribution in [3.63, 3.8) is 0 Å². The lowest BCUT2D eigenvalue weighted by Crippen LogP contribution is -2.53. The van der Waals surface area contributed by atoms with Crippen molar-refractivity contribution in [2.75, 3.05) is 6.54 Å². The van der Waals surface area contributed by atoms with E-state index in [1.807, 2.05) is 20.8 Å². The lowest BCUT2D eigenvalue weighted by atomic mass is 9.84. The van der Waals surface area contributed by atoms with Crippen LogP contribution in [0.5, 0.6) is 0 Å². The second-order valence-corrected chi connectivity index (χ2v) is 15.3. The zero-order valence-corrected chi connectivity index (χ0v) is 29.2. The predicted molar refractivity (Wildman–Crippen MR) is 170 cm³/mol. The maximum atomic E-state index is 13.0. The number of urea groups is 1. The summed E-state index contributed by atoms with van der Waals surface area (Å²) in [5.74, 6) is -1.71. The Morgan fingerprint density at radius 1 is 0.636 bits per heavy atom. The first-order chi connectivity index (χ1) is 19.8. The predicted octanol–water partition coefficient (Wildman–Crippen LogP) is 4.27. The average Bonchev–Trinajstić information content (AvgIpc) is 2.79. The fraction of sp³-hybridized carbons (Fsp3) is 0.844. The summed E-state index contributed by atoms with van der Waals surface area (Å²) in [5, 5.41) is 8.40. The van der Waals surface area contributed by atoms with Crippen molar-refractivity contribution < 1.29 is 38.2 Å². The molecule has 0 radical (unpaired) electrons. The van der Waals surface area contributed by atoms with Crippen LogP contribution < -0.4 is 21.7 Å². The number of carbonyl (C=O) groups is 5. The fourth-order valence-electron chi connectivity index (χ4n) is 3.97. The summed E-state index contributed by atoms with van der Waals surface area (Å²) in [6, 6.07) is -2.70. The summed E-state index contributed by atoms with van der Waals surface area (Å²) >= 11 is 0. The maximum absolute atomic E-state index is 13.0. The van der Waals surface area contributed by atoms with Crippen LogP contribution in [0.15, 0.2) is 0 Å². The molecule has 3 atom stereocenters. The number of hydrogen-bond acceptors (Lipinski definition) is 9. The monoisotopic (exact) mass is 628 g/mol. The first-order valence-electron chi connectivity index (χ1n) is 15.6. The maximum Gasteiger partial charge on any atom is 0.329 e. The van der Waals surface area contributed by atoms with Crippen molar-refractivity contribution in [2.45, 2.75) is 163 Å². The Bertz CT molecular complexity index is 955. The minimum atomic E-state index is -0.924. The SMILES string of the molecule is CC(C)(C)OC(=O)CC[C@H](NC(=O)N[C@@H](CCCCNC(=O)[C@@H](N)CCC(=O)OC(C)(C)C)C(=O)OC(C)(C)C)C(C)(C)C. The second-order valence-electron chi connectivity index (χ2n) is 15.3. The Kier molecular flexibility index (Phi) is 16.4. The van der Waals surface area contributed by atoms with Crippen molar-refractivity contribution in [2.24, 2.45) is 11.1 Å². The van der Waals surface area contributed by atoms with Crippen LogP contribution in [0.25, 0.3) is 0 Å². The summed E-state index contributed by atoms with van der Waals surface area (Å²) in [5.41, 5.74) is 3.59. The van der Waals surface area contributed by atoms with E-state index >= 15 is 0 Å². The highest BCUT2D eigenvalue weighted by molar-refractivity contribution is 5.84. The van der Waals surface area contributed by atoms with Crippen LogP contribution in [0.4, 0.5) is 4.79 Å². The highest BCUT2D eigenvalue weighted by Gasteiger charge is 2.31. The third kappa shape index (κ3) is 20.9.